The molecule has 0 atom stereocenters. The number of esters is 1. The molecule has 1 heterocycles. The third kappa shape index (κ3) is 6.32. The van der Waals surface area contributed by atoms with Gasteiger partial charge in [-0.3, -0.25) is 13.9 Å². The minimum atomic E-state index is -3.72. The number of nitrogens with one attached hydrogen (secondary N) is 3. The van der Waals surface area contributed by atoms with Gasteiger partial charge >= 0.3 is 5.97 Å². The molecule has 3 N–H and O–H groups in total. The highest BCUT2D eigenvalue weighted by molar-refractivity contribution is 7.92. The number of fused-ring (bicyclic) bond motifs is 1. The van der Waals surface area contributed by atoms with Crippen molar-refractivity contribution < 1.29 is 27.5 Å². The van der Waals surface area contributed by atoms with Gasteiger partial charge in [-0.15, -0.1) is 0 Å². The second-order valence-electron chi connectivity index (χ2n) is 8.95. The Balaban J connectivity index is 1.72. The van der Waals surface area contributed by atoms with Gasteiger partial charge in [-0.05, 0) is 55.8 Å². The molecular formula is C29H30N4O6S. The van der Waals surface area contributed by atoms with Crippen LogP contribution >= 0.6 is 0 Å². The molecule has 208 valence electrons. The molecule has 40 heavy (non-hydrogen) atoms. The topological polar surface area (TPSA) is 134 Å². The number of amides is 2. The Morgan fingerprint density at radius 3 is 2.27 bits per heavy atom. The van der Waals surface area contributed by atoms with Crippen LogP contribution in [-0.2, 0) is 24.3 Å². The molecule has 1 aliphatic heterocycles. The van der Waals surface area contributed by atoms with Crippen LogP contribution in [0.4, 0.5) is 17.1 Å². The maximum absolute atomic E-state index is 13.2. The van der Waals surface area contributed by atoms with E-state index in [4.69, 9.17) is 4.74 Å². The first-order valence-corrected chi connectivity index (χ1v) is 14.5. The van der Waals surface area contributed by atoms with E-state index in [1.807, 2.05) is 30.3 Å². The van der Waals surface area contributed by atoms with Crippen LogP contribution in [0.15, 0.2) is 72.8 Å². The van der Waals surface area contributed by atoms with Gasteiger partial charge < -0.3 is 20.7 Å². The van der Waals surface area contributed by atoms with E-state index in [0.29, 0.717) is 46.0 Å². The van der Waals surface area contributed by atoms with Gasteiger partial charge in [0.15, 0.2) is 0 Å². The quantitative estimate of drug-likeness (QED) is 0.253. The van der Waals surface area contributed by atoms with Crippen LogP contribution in [0, 0.1) is 0 Å². The van der Waals surface area contributed by atoms with Gasteiger partial charge in [0.1, 0.15) is 6.54 Å². The zero-order valence-corrected chi connectivity index (χ0v) is 23.2. The molecular weight excluding hydrogens is 532 g/mol. The average molecular weight is 563 g/mol. The van der Waals surface area contributed by atoms with Crippen molar-refractivity contribution in [2.75, 3.05) is 40.9 Å². The van der Waals surface area contributed by atoms with E-state index in [-0.39, 0.29) is 19.1 Å². The van der Waals surface area contributed by atoms with Crippen LogP contribution in [0.1, 0.15) is 35.3 Å². The van der Waals surface area contributed by atoms with Crippen molar-refractivity contribution in [1.29, 1.82) is 0 Å². The van der Waals surface area contributed by atoms with E-state index in [1.54, 1.807) is 56.3 Å². The SMILES string of the molecule is CCNC(=O)CN(c1ccc(NC(=C2C(=O)Nc3cc(C(=O)OCC)ccc32)c2ccccc2)cc1)S(C)(=O)=O. The van der Waals surface area contributed by atoms with Gasteiger partial charge in [0, 0.05) is 17.8 Å². The second-order valence-corrected chi connectivity index (χ2v) is 10.9. The molecule has 0 unspecified atom stereocenters. The molecule has 10 nitrogen and oxygen atoms in total. The lowest BCUT2D eigenvalue weighted by Crippen LogP contribution is -2.40. The van der Waals surface area contributed by atoms with Crippen molar-refractivity contribution >= 4 is 56.1 Å². The summed E-state index contributed by atoms with van der Waals surface area (Å²) in [6.45, 7) is 3.76. The second kappa shape index (κ2) is 12.0. The normalized spacial score (nSPS) is 13.6. The lowest BCUT2D eigenvalue weighted by atomic mass is 9.99. The third-order valence-corrected chi connectivity index (χ3v) is 7.21. The first kappa shape index (κ1) is 28.4. The van der Waals surface area contributed by atoms with Gasteiger partial charge in [-0.2, -0.15) is 0 Å². The molecule has 0 saturated carbocycles. The van der Waals surface area contributed by atoms with Crippen molar-refractivity contribution in [3.63, 3.8) is 0 Å². The van der Waals surface area contributed by atoms with E-state index in [1.165, 1.54) is 0 Å². The molecule has 4 rings (SSSR count). The van der Waals surface area contributed by atoms with Crippen LogP contribution in [0.5, 0.6) is 0 Å². The van der Waals surface area contributed by atoms with E-state index < -0.39 is 21.9 Å². The predicted octanol–water partition coefficient (Wildman–Crippen LogP) is 3.70. The lowest BCUT2D eigenvalue weighted by molar-refractivity contribution is -0.119. The average Bonchev–Trinajstić information content (AvgIpc) is 3.25. The van der Waals surface area contributed by atoms with Gasteiger partial charge in [0.2, 0.25) is 15.9 Å². The molecule has 0 radical (unpaired) electrons. The molecule has 0 spiro atoms. The van der Waals surface area contributed by atoms with Crippen molar-refractivity contribution in [3.05, 3.63) is 89.5 Å². The fourth-order valence-corrected chi connectivity index (χ4v) is 5.14. The van der Waals surface area contributed by atoms with E-state index >= 15 is 0 Å². The molecule has 0 fully saturated rings. The number of anilines is 3. The minimum Gasteiger partial charge on any atom is -0.462 e. The highest BCUT2D eigenvalue weighted by Crippen LogP contribution is 2.38. The summed E-state index contributed by atoms with van der Waals surface area (Å²) in [5.74, 6) is -1.23. The van der Waals surface area contributed by atoms with Gasteiger partial charge in [-0.25, -0.2) is 13.2 Å². The van der Waals surface area contributed by atoms with E-state index in [9.17, 15) is 22.8 Å². The summed E-state index contributed by atoms with van der Waals surface area (Å²) in [7, 11) is -3.72. The summed E-state index contributed by atoms with van der Waals surface area (Å²) in [6, 6.07) is 20.7. The number of hydrogen-bond acceptors (Lipinski definition) is 7. The molecule has 0 aromatic heterocycles. The molecule has 3 aromatic rings. The fraction of sp³-hybridized carbons (Fsp3) is 0.207. The number of rotatable bonds is 10. The van der Waals surface area contributed by atoms with Crippen LogP contribution < -0.4 is 20.3 Å². The summed E-state index contributed by atoms with van der Waals surface area (Å²) in [4.78, 5) is 37.5. The summed E-state index contributed by atoms with van der Waals surface area (Å²) >= 11 is 0. The number of likely N-dealkylation sites (N-methyl/N-ethyl adjacent to an activating group) is 1. The van der Waals surface area contributed by atoms with E-state index in [2.05, 4.69) is 16.0 Å². The Bertz CT molecular complexity index is 1570. The maximum Gasteiger partial charge on any atom is 0.338 e. The summed E-state index contributed by atoms with van der Waals surface area (Å²) in [6.07, 6.45) is 1.04. The van der Waals surface area contributed by atoms with Gasteiger partial charge in [0.05, 0.1) is 41.1 Å². The molecule has 2 amide bonds. The van der Waals surface area contributed by atoms with Crippen molar-refractivity contribution in [3.8, 4) is 0 Å². The number of carbonyl (C=O) groups excluding carboxylic acids is 3. The smallest absolute Gasteiger partial charge is 0.338 e. The Labute approximate surface area is 233 Å². The van der Waals surface area contributed by atoms with Crippen LogP contribution in [0.2, 0.25) is 0 Å². The molecule has 0 bridgehead atoms. The monoisotopic (exact) mass is 562 g/mol. The van der Waals surface area contributed by atoms with Gasteiger partial charge in [0.25, 0.3) is 5.91 Å². The lowest BCUT2D eigenvalue weighted by Gasteiger charge is -2.22. The number of nitrogens with zero attached hydrogens (tertiary/aromatic N) is 1. The summed E-state index contributed by atoms with van der Waals surface area (Å²) in [5.41, 5.74) is 4.00. The number of sulfonamides is 1. The van der Waals surface area contributed by atoms with Crippen LogP contribution in [-0.4, -0.2) is 52.2 Å². The summed E-state index contributed by atoms with van der Waals surface area (Å²) < 4.78 is 30.9. The zero-order chi connectivity index (χ0) is 28.9. The standard InChI is InChI=1S/C29H30N4O6S/c1-4-30-25(34)18-33(40(3,37)38)22-14-12-21(13-15-22)31-27(19-9-7-6-8-10-19)26-23-16-11-20(29(36)39-5-2)17-24(23)32-28(26)35/h6-17,31H,4-5,18H2,1-3H3,(H,30,34)(H,32,35). The fourth-order valence-electron chi connectivity index (χ4n) is 4.29. The van der Waals surface area contributed by atoms with Crippen molar-refractivity contribution in [2.45, 2.75) is 13.8 Å². The van der Waals surface area contributed by atoms with Crippen molar-refractivity contribution in [1.82, 2.24) is 5.32 Å². The third-order valence-electron chi connectivity index (χ3n) is 6.07. The van der Waals surface area contributed by atoms with Crippen LogP contribution in [0.25, 0.3) is 11.3 Å². The number of hydrogen-bond donors (Lipinski definition) is 3. The van der Waals surface area contributed by atoms with Crippen molar-refractivity contribution in [2.24, 2.45) is 0 Å². The zero-order valence-electron chi connectivity index (χ0n) is 22.4. The number of ether oxygens (including phenoxy) is 1. The number of carbonyl (C=O) groups is 3. The highest BCUT2D eigenvalue weighted by Gasteiger charge is 2.29. The molecule has 3 aromatic carbocycles. The Morgan fingerprint density at radius 2 is 1.65 bits per heavy atom. The maximum atomic E-state index is 13.2. The summed E-state index contributed by atoms with van der Waals surface area (Å²) in [5, 5.41) is 8.75. The largest absolute Gasteiger partial charge is 0.462 e. The number of benzene rings is 3. The van der Waals surface area contributed by atoms with E-state index in [0.717, 1.165) is 16.1 Å². The first-order chi connectivity index (χ1) is 19.1. The minimum absolute atomic E-state index is 0.238. The highest BCUT2D eigenvalue weighted by atomic mass is 32.2. The molecule has 0 aliphatic carbocycles. The Kier molecular flexibility index (Phi) is 8.54. The first-order valence-electron chi connectivity index (χ1n) is 12.7. The van der Waals surface area contributed by atoms with Gasteiger partial charge in [-0.1, -0.05) is 36.4 Å². The predicted molar refractivity (Wildman–Crippen MR) is 155 cm³/mol. The molecule has 1 aliphatic rings. The molecule has 0 saturated heterocycles. The van der Waals surface area contributed by atoms with Crippen LogP contribution in [0.3, 0.4) is 0 Å². The molecule has 11 heteroatoms. The Morgan fingerprint density at radius 1 is 0.950 bits per heavy atom. The Hall–Kier alpha value is -4.64.